The van der Waals surface area contributed by atoms with Crippen LogP contribution in [0, 0.1) is 0 Å². The van der Waals surface area contributed by atoms with Crippen LogP contribution in [0.25, 0.3) is 11.3 Å². The molecule has 0 amide bonds. The SMILES string of the molecule is CSc1ccc(-c2cnc(C(C)N)o2)cc1. The minimum Gasteiger partial charge on any atom is -0.439 e. The van der Waals surface area contributed by atoms with E-state index < -0.39 is 0 Å². The number of nitrogens with two attached hydrogens (primary N) is 1. The largest absolute Gasteiger partial charge is 0.439 e. The Bertz CT molecular complexity index is 462. The van der Waals surface area contributed by atoms with Crippen molar-refractivity contribution in [3.05, 3.63) is 36.4 Å². The molecule has 0 bridgehead atoms. The summed E-state index contributed by atoms with van der Waals surface area (Å²) in [6.07, 6.45) is 3.77. The summed E-state index contributed by atoms with van der Waals surface area (Å²) in [5, 5.41) is 0. The van der Waals surface area contributed by atoms with Gasteiger partial charge < -0.3 is 10.2 Å². The minimum atomic E-state index is -0.167. The number of hydrogen-bond donors (Lipinski definition) is 1. The van der Waals surface area contributed by atoms with Crippen LogP contribution < -0.4 is 5.73 Å². The molecule has 84 valence electrons. The smallest absolute Gasteiger partial charge is 0.211 e. The van der Waals surface area contributed by atoms with Crippen molar-refractivity contribution in [2.75, 3.05) is 6.26 Å². The summed E-state index contributed by atoms with van der Waals surface area (Å²) in [7, 11) is 0. The molecule has 0 aliphatic rings. The third-order valence-electron chi connectivity index (χ3n) is 2.29. The van der Waals surface area contributed by atoms with E-state index in [1.54, 1.807) is 18.0 Å². The summed E-state index contributed by atoms with van der Waals surface area (Å²) in [6.45, 7) is 1.85. The zero-order chi connectivity index (χ0) is 11.5. The van der Waals surface area contributed by atoms with E-state index in [0.29, 0.717) is 5.89 Å². The maximum Gasteiger partial charge on any atom is 0.211 e. The average Bonchev–Trinajstić information content (AvgIpc) is 2.78. The number of benzene rings is 1. The summed E-state index contributed by atoms with van der Waals surface area (Å²) in [5.41, 5.74) is 6.72. The number of rotatable bonds is 3. The molecular weight excluding hydrogens is 220 g/mol. The van der Waals surface area contributed by atoms with Gasteiger partial charge >= 0.3 is 0 Å². The van der Waals surface area contributed by atoms with Gasteiger partial charge in [-0.05, 0) is 25.3 Å². The fraction of sp³-hybridized carbons (Fsp3) is 0.250. The zero-order valence-electron chi connectivity index (χ0n) is 9.31. The number of aromatic nitrogens is 1. The molecule has 0 spiro atoms. The normalized spacial score (nSPS) is 12.7. The van der Waals surface area contributed by atoms with Crippen molar-refractivity contribution in [3.8, 4) is 11.3 Å². The summed E-state index contributed by atoms with van der Waals surface area (Å²) >= 11 is 1.72. The molecule has 3 nitrogen and oxygen atoms in total. The Morgan fingerprint density at radius 3 is 2.50 bits per heavy atom. The predicted molar refractivity (Wildman–Crippen MR) is 66.3 cm³/mol. The van der Waals surface area contributed by atoms with Gasteiger partial charge in [0.25, 0.3) is 0 Å². The van der Waals surface area contributed by atoms with Crippen molar-refractivity contribution in [3.63, 3.8) is 0 Å². The Hall–Kier alpha value is -1.26. The Labute approximate surface area is 99.1 Å². The van der Waals surface area contributed by atoms with Crippen molar-refractivity contribution in [1.82, 2.24) is 4.98 Å². The van der Waals surface area contributed by atoms with Crippen LogP contribution in [0.15, 0.2) is 39.8 Å². The molecule has 1 aromatic heterocycles. The Morgan fingerprint density at radius 1 is 1.31 bits per heavy atom. The summed E-state index contributed by atoms with van der Waals surface area (Å²) in [5.74, 6) is 1.34. The Kier molecular flexibility index (Phi) is 3.31. The summed E-state index contributed by atoms with van der Waals surface area (Å²) < 4.78 is 5.56. The van der Waals surface area contributed by atoms with Gasteiger partial charge in [0.05, 0.1) is 12.2 Å². The van der Waals surface area contributed by atoms with E-state index in [2.05, 4.69) is 23.4 Å². The Balaban J connectivity index is 2.28. The first-order valence-electron chi connectivity index (χ1n) is 5.06. The molecule has 0 saturated heterocycles. The van der Waals surface area contributed by atoms with Crippen LogP contribution >= 0.6 is 11.8 Å². The van der Waals surface area contributed by atoms with Gasteiger partial charge in [0, 0.05) is 10.5 Å². The van der Waals surface area contributed by atoms with Gasteiger partial charge in [0.1, 0.15) is 0 Å². The standard InChI is InChI=1S/C12H14N2OS/c1-8(13)12-14-7-11(15-12)9-3-5-10(16-2)6-4-9/h3-8H,13H2,1-2H3. The molecule has 2 rings (SSSR count). The van der Waals surface area contributed by atoms with Gasteiger partial charge in [0.2, 0.25) is 5.89 Å². The zero-order valence-corrected chi connectivity index (χ0v) is 10.1. The van der Waals surface area contributed by atoms with Gasteiger partial charge in [-0.25, -0.2) is 4.98 Å². The van der Waals surface area contributed by atoms with Gasteiger partial charge in [0.15, 0.2) is 5.76 Å². The van der Waals surface area contributed by atoms with Crippen LogP contribution in [0.2, 0.25) is 0 Å². The fourth-order valence-corrected chi connectivity index (χ4v) is 1.80. The van der Waals surface area contributed by atoms with Crippen LogP contribution in [0.4, 0.5) is 0 Å². The highest BCUT2D eigenvalue weighted by atomic mass is 32.2. The highest BCUT2D eigenvalue weighted by Crippen LogP contribution is 2.24. The minimum absolute atomic E-state index is 0.167. The molecule has 2 aromatic rings. The van der Waals surface area contributed by atoms with E-state index in [9.17, 15) is 0 Å². The van der Waals surface area contributed by atoms with Crippen molar-refractivity contribution in [2.24, 2.45) is 5.73 Å². The van der Waals surface area contributed by atoms with Crippen LogP contribution in [-0.2, 0) is 0 Å². The lowest BCUT2D eigenvalue weighted by molar-refractivity contribution is 0.473. The lowest BCUT2D eigenvalue weighted by atomic mass is 10.2. The maximum absolute atomic E-state index is 5.69. The molecule has 1 atom stereocenters. The average molecular weight is 234 g/mol. The van der Waals surface area contributed by atoms with Gasteiger partial charge in [-0.2, -0.15) is 0 Å². The number of nitrogens with zero attached hydrogens (tertiary/aromatic N) is 1. The molecule has 2 N–H and O–H groups in total. The topological polar surface area (TPSA) is 52.0 Å². The van der Waals surface area contributed by atoms with Gasteiger partial charge in [-0.15, -0.1) is 11.8 Å². The first kappa shape index (κ1) is 11.2. The molecule has 16 heavy (non-hydrogen) atoms. The quantitative estimate of drug-likeness (QED) is 0.829. The second-order valence-electron chi connectivity index (χ2n) is 3.58. The molecule has 0 aliphatic carbocycles. The second kappa shape index (κ2) is 4.72. The monoisotopic (exact) mass is 234 g/mol. The number of oxazole rings is 1. The molecule has 0 fully saturated rings. The first-order valence-corrected chi connectivity index (χ1v) is 6.29. The van der Waals surface area contributed by atoms with Crippen molar-refractivity contribution in [2.45, 2.75) is 17.9 Å². The lowest BCUT2D eigenvalue weighted by Gasteiger charge is -1.99. The van der Waals surface area contributed by atoms with E-state index in [1.807, 2.05) is 19.1 Å². The van der Waals surface area contributed by atoms with E-state index in [0.717, 1.165) is 11.3 Å². The number of hydrogen-bond acceptors (Lipinski definition) is 4. The van der Waals surface area contributed by atoms with Crippen molar-refractivity contribution >= 4 is 11.8 Å². The van der Waals surface area contributed by atoms with E-state index >= 15 is 0 Å². The van der Waals surface area contributed by atoms with Gasteiger partial charge in [-0.1, -0.05) is 12.1 Å². The van der Waals surface area contributed by atoms with Gasteiger partial charge in [-0.3, -0.25) is 0 Å². The van der Waals surface area contributed by atoms with Crippen LogP contribution in [0.3, 0.4) is 0 Å². The predicted octanol–water partition coefficient (Wildman–Crippen LogP) is 3.08. The van der Waals surface area contributed by atoms with E-state index in [1.165, 1.54) is 4.90 Å². The number of thioether (sulfide) groups is 1. The first-order chi connectivity index (χ1) is 7.70. The summed E-state index contributed by atoms with van der Waals surface area (Å²) in [4.78, 5) is 5.37. The summed E-state index contributed by atoms with van der Waals surface area (Å²) in [6, 6.07) is 8.01. The molecule has 4 heteroatoms. The second-order valence-corrected chi connectivity index (χ2v) is 4.46. The molecule has 1 unspecified atom stereocenters. The highest BCUT2D eigenvalue weighted by molar-refractivity contribution is 7.98. The van der Waals surface area contributed by atoms with E-state index in [4.69, 9.17) is 10.2 Å². The van der Waals surface area contributed by atoms with Crippen molar-refractivity contribution in [1.29, 1.82) is 0 Å². The fourth-order valence-electron chi connectivity index (χ4n) is 1.39. The third kappa shape index (κ3) is 2.28. The van der Waals surface area contributed by atoms with E-state index in [-0.39, 0.29) is 6.04 Å². The maximum atomic E-state index is 5.69. The van der Waals surface area contributed by atoms with Crippen molar-refractivity contribution < 1.29 is 4.42 Å². The van der Waals surface area contributed by atoms with Crippen LogP contribution in [0.1, 0.15) is 18.9 Å². The Morgan fingerprint density at radius 2 is 2.00 bits per heavy atom. The molecule has 0 saturated carbocycles. The third-order valence-corrected chi connectivity index (χ3v) is 3.03. The lowest BCUT2D eigenvalue weighted by Crippen LogP contribution is -2.04. The molecule has 0 radical (unpaired) electrons. The van der Waals surface area contributed by atoms with Crippen LogP contribution in [-0.4, -0.2) is 11.2 Å². The molecule has 1 heterocycles. The highest BCUT2D eigenvalue weighted by Gasteiger charge is 2.09. The van der Waals surface area contributed by atoms with Crippen LogP contribution in [0.5, 0.6) is 0 Å². The molecule has 1 aromatic carbocycles. The molecule has 0 aliphatic heterocycles. The molecular formula is C12H14N2OS.